The van der Waals surface area contributed by atoms with Crippen LogP contribution in [0.4, 0.5) is 24.5 Å². The normalized spacial score (nSPS) is 25.3. The van der Waals surface area contributed by atoms with E-state index in [0.717, 1.165) is 18.7 Å². The Morgan fingerprint density at radius 2 is 1.89 bits per heavy atom. The summed E-state index contributed by atoms with van der Waals surface area (Å²) in [5.74, 6) is 0.0236. The number of aliphatic hydroxyl groups is 2. The van der Waals surface area contributed by atoms with Crippen molar-refractivity contribution in [2.24, 2.45) is 0 Å². The average molecular weight is 519 g/mol. The lowest BCUT2D eigenvalue weighted by molar-refractivity contribution is -0.138. The van der Waals surface area contributed by atoms with Crippen LogP contribution < -0.4 is 9.80 Å². The molecule has 3 atom stereocenters. The second-order valence-electron chi connectivity index (χ2n) is 8.92. The molecule has 2 aliphatic heterocycles. The van der Waals surface area contributed by atoms with Crippen molar-refractivity contribution < 1.29 is 32.9 Å². The summed E-state index contributed by atoms with van der Waals surface area (Å²) < 4.78 is 46.1. The Labute approximate surface area is 209 Å². The zero-order valence-corrected chi connectivity index (χ0v) is 19.6. The largest absolute Gasteiger partial charge is 0.490 e. The number of pyridine rings is 1. The lowest BCUT2D eigenvalue weighted by Crippen LogP contribution is -2.55. The van der Waals surface area contributed by atoms with E-state index in [1.165, 1.54) is 17.0 Å². The number of aliphatic hydroxyl groups excluding tert-OH is 2. The SMILES string of the molecule is N#Cc1ncc(N2C(=O)C3(CCC3)N(c3ccc(C4=C[C@@H](O)[C@H](O)CO4)cc3)C2S)cc1C(F)(F)F. The number of hydrogen-bond acceptors (Lipinski definition) is 8. The minimum Gasteiger partial charge on any atom is -0.490 e. The fourth-order valence-corrected chi connectivity index (χ4v) is 5.40. The number of benzene rings is 1. The first-order valence-corrected chi connectivity index (χ1v) is 11.7. The van der Waals surface area contributed by atoms with Gasteiger partial charge in [-0.3, -0.25) is 9.69 Å². The molecule has 3 heterocycles. The number of aromatic nitrogens is 1. The molecule has 2 aromatic rings. The molecule has 2 fully saturated rings. The molecule has 1 saturated heterocycles. The van der Waals surface area contributed by atoms with E-state index in [-0.39, 0.29) is 18.2 Å². The molecule has 1 amide bonds. The molecule has 5 rings (SSSR count). The summed E-state index contributed by atoms with van der Waals surface area (Å²) in [6.45, 7) is -0.0509. The van der Waals surface area contributed by atoms with Crippen molar-refractivity contribution in [1.82, 2.24) is 4.98 Å². The number of halogens is 3. The highest BCUT2D eigenvalue weighted by molar-refractivity contribution is 7.81. The van der Waals surface area contributed by atoms with Gasteiger partial charge in [0.05, 0.1) is 17.4 Å². The molecule has 0 bridgehead atoms. The van der Waals surface area contributed by atoms with E-state index in [9.17, 15) is 28.2 Å². The Morgan fingerprint density at radius 1 is 1.19 bits per heavy atom. The molecular formula is C24H21F3N4O4S. The maximum Gasteiger partial charge on any atom is 0.419 e. The first-order chi connectivity index (χ1) is 17.1. The van der Waals surface area contributed by atoms with Crippen molar-refractivity contribution in [3.8, 4) is 6.07 Å². The van der Waals surface area contributed by atoms with Crippen molar-refractivity contribution in [1.29, 1.82) is 5.26 Å². The van der Waals surface area contributed by atoms with E-state index in [1.54, 1.807) is 29.2 Å². The third-order valence-electron chi connectivity index (χ3n) is 6.84. The maximum atomic E-state index is 13.6. The summed E-state index contributed by atoms with van der Waals surface area (Å²) in [5.41, 5.74) is -2.67. The van der Waals surface area contributed by atoms with E-state index in [2.05, 4.69) is 17.6 Å². The van der Waals surface area contributed by atoms with Crippen LogP contribution in [0.25, 0.3) is 5.76 Å². The van der Waals surface area contributed by atoms with E-state index in [4.69, 9.17) is 10.00 Å². The number of alkyl halides is 3. The second kappa shape index (κ2) is 8.69. The van der Waals surface area contributed by atoms with Crippen molar-refractivity contribution in [2.75, 3.05) is 16.4 Å². The monoisotopic (exact) mass is 518 g/mol. The van der Waals surface area contributed by atoms with Gasteiger partial charge in [-0.15, -0.1) is 12.6 Å². The van der Waals surface area contributed by atoms with Crippen LogP contribution in [-0.4, -0.2) is 51.0 Å². The summed E-state index contributed by atoms with van der Waals surface area (Å²) in [6.07, 6.45) is -2.59. The number of ether oxygens (including phenoxy) is 1. The third-order valence-corrected chi connectivity index (χ3v) is 7.30. The molecule has 3 aliphatic rings. The topological polar surface area (TPSA) is 110 Å². The van der Waals surface area contributed by atoms with E-state index in [1.807, 2.05) is 0 Å². The molecule has 1 spiro atoms. The molecule has 1 unspecified atom stereocenters. The number of carbonyl (C=O) groups is 1. The molecule has 188 valence electrons. The highest BCUT2D eigenvalue weighted by atomic mass is 32.1. The third kappa shape index (κ3) is 3.78. The van der Waals surface area contributed by atoms with Crippen molar-refractivity contribution >= 4 is 35.7 Å². The van der Waals surface area contributed by atoms with Crippen molar-refractivity contribution in [3.63, 3.8) is 0 Å². The fraction of sp³-hybridized carbons (Fsp3) is 0.375. The van der Waals surface area contributed by atoms with Gasteiger partial charge in [-0.05, 0) is 55.7 Å². The van der Waals surface area contributed by atoms with Crippen LogP contribution in [0, 0.1) is 11.3 Å². The van der Waals surface area contributed by atoms with Gasteiger partial charge in [0, 0.05) is 11.3 Å². The second-order valence-corrected chi connectivity index (χ2v) is 9.38. The van der Waals surface area contributed by atoms with Gasteiger partial charge in [0.15, 0.2) is 11.2 Å². The molecule has 12 heteroatoms. The van der Waals surface area contributed by atoms with Crippen LogP contribution in [0.2, 0.25) is 0 Å². The molecule has 1 saturated carbocycles. The number of carbonyl (C=O) groups excluding carboxylic acids is 1. The first kappa shape index (κ1) is 24.4. The summed E-state index contributed by atoms with van der Waals surface area (Å²) in [4.78, 5) is 20.2. The number of nitrogens with zero attached hydrogens (tertiary/aromatic N) is 4. The number of amides is 1. The van der Waals surface area contributed by atoms with Gasteiger partial charge >= 0.3 is 6.18 Å². The van der Waals surface area contributed by atoms with Gasteiger partial charge in [0.2, 0.25) is 0 Å². The number of thiol groups is 1. The number of anilines is 2. The summed E-state index contributed by atoms with van der Waals surface area (Å²) in [6, 6.07) is 9.16. The Balaban J connectivity index is 1.50. The molecule has 36 heavy (non-hydrogen) atoms. The molecule has 1 aromatic heterocycles. The zero-order chi connectivity index (χ0) is 25.8. The number of nitriles is 1. The lowest BCUT2D eigenvalue weighted by atomic mass is 9.75. The van der Waals surface area contributed by atoms with Gasteiger partial charge < -0.3 is 19.8 Å². The Kier molecular flexibility index (Phi) is 5.89. The van der Waals surface area contributed by atoms with Crippen molar-refractivity contribution in [2.45, 2.75) is 48.7 Å². The van der Waals surface area contributed by atoms with E-state index >= 15 is 0 Å². The molecular weight excluding hydrogens is 497 g/mol. The standard InChI is InChI=1S/C24H21F3N4O4S/c25-24(26,27)16-8-15(11-29-17(16)10-28)30-21(34)23(6-1-7-23)31(22(30)36)14-4-2-13(3-5-14)20-9-18(32)19(33)12-35-20/h2-5,8-9,11,18-19,22,32-33,36H,1,6-7,12H2/t18-,19-,22?/m1/s1. The van der Waals surface area contributed by atoms with Crippen LogP contribution in [0.3, 0.4) is 0 Å². The lowest BCUT2D eigenvalue weighted by Gasteiger charge is -2.44. The molecule has 8 nitrogen and oxygen atoms in total. The predicted molar refractivity (Wildman–Crippen MR) is 126 cm³/mol. The van der Waals surface area contributed by atoms with Gasteiger partial charge in [-0.1, -0.05) is 0 Å². The van der Waals surface area contributed by atoms with Crippen LogP contribution >= 0.6 is 12.6 Å². The number of rotatable bonds is 3. The van der Waals surface area contributed by atoms with Crippen molar-refractivity contribution in [3.05, 3.63) is 59.4 Å². The minimum atomic E-state index is -4.81. The molecule has 2 N–H and O–H groups in total. The quantitative estimate of drug-likeness (QED) is 0.536. The van der Waals surface area contributed by atoms with Crippen LogP contribution in [0.1, 0.15) is 36.1 Å². The molecule has 1 aliphatic carbocycles. The van der Waals surface area contributed by atoms with Gasteiger partial charge in [-0.2, -0.15) is 18.4 Å². The highest BCUT2D eigenvalue weighted by Gasteiger charge is 2.60. The van der Waals surface area contributed by atoms with Crippen LogP contribution in [0.15, 0.2) is 42.6 Å². The summed E-state index contributed by atoms with van der Waals surface area (Å²) >= 11 is 4.63. The van der Waals surface area contributed by atoms with Crippen LogP contribution in [-0.2, 0) is 15.7 Å². The minimum absolute atomic E-state index is 0.0509. The maximum absolute atomic E-state index is 13.6. The Hall–Kier alpha value is -3.27. The van der Waals surface area contributed by atoms with Gasteiger partial charge in [-0.25, -0.2) is 4.98 Å². The molecule has 1 aromatic carbocycles. The number of hydrogen-bond donors (Lipinski definition) is 3. The first-order valence-electron chi connectivity index (χ1n) is 11.2. The Morgan fingerprint density at radius 3 is 2.44 bits per heavy atom. The fourth-order valence-electron chi connectivity index (χ4n) is 4.81. The smallest absolute Gasteiger partial charge is 0.419 e. The summed E-state index contributed by atoms with van der Waals surface area (Å²) in [7, 11) is 0. The Bertz CT molecular complexity index is 1270. The van der Waals surface area contributed by atoms with Crippen LogP contribution in [0.5, 0.6) is 0 Å². The zero-order valence-electron chi connectivity index (χ0n) is 18.7. The molecule has 0 radical (unpaired) electrons. The summed E-state index contributed by atoms with van der Waals surface area (Å²) in [5, 5.41) is 28.6. The average Bonchev–Trinajstić information content (AvgIpc) is 3.06. The van der Waals surface area contributed by atoms with Gasteiger partial charge in [0.25, 0.3) is 5.91 Å². The van der Waals surface area contributed by atoms with E-state index < -0.39 is 40.7 Å². The van der Waals surface area contributed by atoms with Gasteiger partial charge in [0.1, 0.15) is 36.2 Å². The predicted octanol–water partition coefficient (Wildman–Crippen LogP) is 3.05. The van der Waals surface area contributed by atoms with E-state index in [0.29, 0.717) is 29.9 Å². The highest BCUT2D eigenvalue weighted by Crippen LogP contribution is 2.50.